The van der Waals surface area contributed by atoms with Crippen LogP contribution in [0, 0.1) is 0 Å². The Morgan fingerprint density at radius 1 is 0.378 bits per heavy atom. The normalized spacial score (nSPS) is 12.9. The first-order valence-corrected chi connectivity index (χ1v) is 20.1. The van der Waals surface area contributed by atoms with Crippen molar-refractivity contribution in [2.75, 3.05) is 20.6 Å². The summed E-state index contributed by atoms with van der Waals surface area (Å²) >= 11 is 0. The summed E-state index contributed by atoms with van der Waals surface area (Å²) in [4.78, 5) is 2.32. The molecule has 1 heteroatoms. The first kappa shape index (κ1) is 43.7. The minimum atomic E-state index is 1.12. The molecule has 0 spiro atoms. The Morgan fingerprint density at radius 2 is 0.733 bits per heavy atom. The fraction of sp³-hybridized carbons (Fsp3) is 0.773. The molecule has 1 nitrogen and oxygen atoms in total. The molecule has 0 aromatic carbocycles. The number of nitrogens with zero attached hydrogens (tertiary/aromatic N) is 1. The third-order valence-electron chi connectivity index (χ3n) is 8.89. The quantitative estimate of drug-likeness (QED) is 0.0501. The Labute approximate surface area is 285 Å². The molecular weight excluding hydrogens is 542 g/mol. The Kier molecular flexibility index (Phi) is 37.7. The molecule has 0 aliphatic rings. The average molecular weight is 624 g/mol. The van der Waals surface area contributed by atoms with E-state index in [2.05, 4.69) is 87.5 Å². The van der Waals surface area contributed by atoms with Gasteiger partial charge < -0.3 is 4.90 Å². The molecule has 0 N–H and O–H groups in total. The summed E-state index contributed by atoms with van der Waals surface area (Å²) in [5, 5.41) is 0. The largest absolute Gasteiger partial charge is 0.309 e. The van der Waals surface area contributed by atoms with Crippen LogP contribution in [-0.2, 0) is 0 Å². The molecule has 0 aliphatic carbocycles. The fourth-order valence-corrected chi connectivity index (χ4v) is 5.89. The zero-order valence-electron chi connectivity index (χ0n) is 31.4. The zero-order valence-corrected chi connectivity index (χ0v) is 31.4. The molecule has 0 atom stereocenters. The number of hydrogen-bond donors (Lipinski definition) is 0. The van der Waals surface area contributed by atoms with Gasteiger partial charge in [0.05, 0.1) is 0 Å². The van der Waals surface area contributed by atoms with Gasteiger partial charge >= 0.3 is 0 Å². The summed E-state index contributed by atoms with van der Waals surface area (Å²) in [6, 6.07) is 0. The Balaban J connectivity index is 3.94. The first-order valence-electron chi connectivity index (χ1n) is 20.1. The summed E-state index contributed by atoms with van der Waals surface area (Å²) in [5.74, 6) is 0. The number of rotatable bonds is 35. The van der Waals surface area contributed by atoms with Crippen LogP contribution >= 0.6 is 0 Å². The van der Waals surface area contributed by atoms with Gasteiger partial charge in [-0.3, -0.25) is 0 Å². The van der Waals surface area contributed by atoms with Crippen LogP contribution in [0.1, 0.15) is 200 Å². The number of hydrogen-bond acceptors (Lipinski definition) is 1. The van der Waals surface area contributed by atoms with Gasteiger partial charge in [-0.2, -0.15) is 0 Å². The Hall–Kier alpha value is -1.34. The van der Waals surface area contributed by atoms with Crippen LogP contribution < -0.4 is 0 Å². The molecule has 0 unspecified atom stereocenters. The summed E-state index contributed by atoms with van der Waals surface area (Å²) in [6.45, 7) is 5.77. The van der Waals surface area contributed by atoms with Gasteiger partial charge in [-0.05, 0) is 130 Å². The Morgan fingerprint density at radius 3 is 1.13 bits per heavy atom. The van der Waals surface area contributed by atoms with Crippen molar-refractivity contribution in [1.82, 2.24) is 4.90 Å². The molecule has 45 heavy (non-hydrogen) atoms. The minimum Gasteiger partial charge on any atom is -0.309 e. The van der Waals surface area contributed by atoms with Crippen LogP contribution in [0.5, 0.6) is 0 Å². The highest BCUT2D eigenvalue weighted by molar-refractivity contribution is 5.02. The Bertz CT molecular complexity index is 656. The second-order valence-corrected chi connectivity index (χ2v) is 13.8. The highest BCUT2D eigenvalue weighted by atomic mass is 15.0. The van der Waals surface area contributed by atoms with Gasteiger partial charge in [-0.25, -0.2) is 0 Å². The van der Waals surface area contributed by atoms with E-state index in [-0.39, 0.29) is 0 Å². The standard InChI is InChI=1S/C44H81N/c1-5-7-9-11-13-15-17-19-21-23-25-27-29-31-33-36-40-44(42-38-35-39-43-45(3)4)41-37-34-32-30-28-26-24-22-20-18-16-14-12-10-8-6-2/h13-16,19-22,42H,5-12,17-18,23-41,43H2,1-4H3/b15-13-,16-14-,21-19-,22-20?,44-42?. The fourth-order valence-electron chi connectivity index (χ4n) is 5.89. The van der Waals surface area contributed by atoms with Gasteiger partial charge in [0.25, 0.3) is 0 Å². The van der Waals surface area contributed by atoms with Crippen molar-refractivity contribution in [3.05, 3.63) is 60.3 Å². The number of unbranched alkanes of at least 4 members (excludes halogenated alkanes) is 20. The van der Waals surface area contributed by atoms with Gasteiger partial charge in [0.15, 0.2) is 0 Å². The lowest BCUT2D eigenvalue weighted by atomic mass is 9.98. The van der Waals surface area contributed by atoms with E-state index in [4.69, 9.17) is 0 Å². The molecule has 0 aliphatic heterocycles. The lowest BCUT2D eigenvalue weighted by Crippen LogP contribution is -2.12. The topological polar surface area (TPSA) is 3.24 Å². The van der Waals surface area contributed by atoms with E-state index >= 15 is 0 Å². The van der Waals surface area contributed by atoms with Crippen molar-refractivity contribution < 1.29 is 0 Å². The minimum absolute atomic E-state index is 1.12. The molecule has 0 amide bonds. The van der Waals surface area contributed by atoms with Crippen LogP contribution in [0.4, 0.5) is 0 Å². The lowest BCUT2D eigenvalue weighted by molar-refractivity contribution is 0.395. The smallest absolute Gasteiger partial charge is 0.00247 e. The van der Waals surface area contributed by atoms with E-state index in [1.807, 2.05) is 0 Å². The van der Waals surface area contributed by atoms with Crippen LogP contribution in [-0.4, -0.2) is 25.5 Å². The second-order valence-electron chi connectivity index (χ2n) is 13.8. The van der Waals surface area contributed by atoms with Crippen molar-refractivity contribution in [2.24, 2.45) is 0 Å². The van der Waals surface area contributed by atoms with Gasteiger partial charge in [-0.15, -0.1) is 0 Å². The first-order chi connectivity index (χ1) is 22.2. The molecule has 0 saturated carbocycles. The van der Waals surface area contributed by atoms with E-state index in [1.165, 1.54) is 180 Å². The summed E-state index contributed by atoms with van der Waals surface area (Å²) in [6.07, 6.45) is 60.4. The summed E-state index contributed by atoms with van der Waals surface area (Å²) < 4.78 is 0. The van der Waals surface area contributed by atoms with Crippen molar-refractivity contribution in [1.29, 1.82) is 0 Å². The van der Waals surface area contributed by atoms with Gasteiger partial charge in [0, 0.05) is 0 Å². The lowest BCUT2D eigenvalue weighted by Gasteiger charge is -2.10. The predicted octanol–water partition coefficient (Wildman–Crippen LogP) is 15.1. The second kappa shape index (κ2) is 38.8. The molecular formula is C44H81N. The van der Waals surface area contributed by atoms with E-state index < -0.39 is 0 Å². The molecule has 0 aromatic rings. The van der Waals surface area contributed by atoms with Crippen LogP contribution in [0.15, 0.2) is 60.3 Å². The van der Waals surface area contributed by atoms with Crippen molar-refractivity contribution in [3.63, 3.8) is 0 Å². The van der Waals surface area contributed by atoms with Crippen LogP contribution in [0.25, 0.3) is 0 Å². The van der Waals surface area contributed by atoms with Crippen molar-refractivity contribution >= 4 is 0 Å². The zero-order chi connectivity index (χ0) is 32.7. The molecule has 0 radical (unpaired) electrons. The van der Waals surface area contributed by atoms with Gasteiger partial charge in [0.1, 0.15) is 0 Å². The van der Waals surface area contributed by atoms with Crippen LogP contribution in [0.2, 0.25) is 0 Å². The predicted molar refractivity (Wildman–Crippen MR) is 208 cm³/mol. The summed E-state index contributed by atoms with van der Waals surface area (Å²) in [7, 11) is 4.39. The third kappa shape index (κ3) is 38.8. The van der Waals surface area contributed by atoms with E-state index in [0.717, 1.165) is 12.8 Å². The summed E-state index contributed by atoms with van der Waals surface area (Å²) in [5.41, 5.74) is 1.77. The third-order valence-corrected chi connectivity index (χ3v) is 8.89. The van der Waals surface area contributed by atoms with Crippen molar-refractivity contribution in [2.45, 2.75) is 200 Å². The maximum absolute atomic E-state index is 2.63. The average Bonchev–Trinajstić information content (AvgIpc) is 3.03. The van der Waals surface area contributed by atoms with E-state index in [9.17, 15) is 0 Å². The molecule has 0 rings (SSSR count). The van der Waals surface area contributed by atoms with E-state index in [1.54, 1.807) is 5.57 Å². The molecule has 0 saturated heterocycles. The molecule has 0 fully saturated rings. The highest BCUT2D eigenvalue weighted by Gasteiger charge is 2.01. The molecule has 0 aromatic heterocycles. The molecule has 262 valence electrons. The maximum atomic E-state index is 2.63. The van der Waals surface area contributed by atoms with Gasteiger partial charge in [0.2, 0.25) is 0 Å². The van der Waals surface area contributed by atoms with Crippen LogP contribution in [0.3, 0.4) is 0 Å². The van der Waals surface area contributed by atoms with Gasteiger partial charge in [-0.1, -0.05) is 151 Å². The highest BCUT2D eigenvalue weighted by Crippen LogP contribution is 2.20. The van der Waals surface area contributed by atoms with Crippen molar-refractivity contribution in [3.8, 4) is 0 Å². The number of allylic oxidation sites excluding steroid dienone is 10. The monoisotopic (exact) mass is 624 g/mol. The SMILES string of the molecule is CCCCC/C=C\CC=CCCCCCCCCC(=CCCCCN(C)C)CCCCCCCC/C=C\C/C=C\CCCCC. The maximum Gasteiger partial charge on any atom is -0.00247 e. The van der Waals surface area contributed by atoms with E-state index in [0.29, 0.717) is 0 Å². The molecule has 0 bridgehead atoms. The molecule has 0 heterocycles.